The third-order valence-corrected chi connectivity index (χ3v) is 5.41. The Morgan fingerprint density at radius 2 is 2.03 bits per heavy atom. The Balaban J connectivity index is 1.60. The summed E-state index contributed by atoms with van der Waals surface area (Å²) in [4.78, 5) is 29.5. The topological polar surface area (TPSA) is 101 Å². The van der Waals surface area contributed by atoms with E-state index in [1.54, 1.807) is 6.07 Å². The molecule has 0 radical (unpaired) electrons. The van der Waals surface area contributed by atoms with Gasteiger partial charge in [-0.1, -0.05) is 12.5 Å². The lowest BCUT2D eigenvalue weighted by Gasteiger charge is -2.24. The number of nitrogens with one attached hydrogen (secondary N) is 2. The maximum Gasteiger partial charge on any atom is 0.408 e. The second-order valence-corrected chi connectivity index (χ2v) is 9.35. The Hall–Kier alpha value is -3.36. The molecule has 2 N–H and O–H groups in total. The number of anilines is 1. The maximum atomic E-state index is 15.3. The van der Waals surface area contributed by atoms with Gasteiger partial charge < -0.3 is 15.4 Å². The van der Waals surface area contributed by atoms with Crippen LogP contribution < -0.4 is 10.6 Å². The molecule has 1 aromatic heterocycles. The second kappa shape index (κ2) is 9.25. The number of halogens is 1. The zero-order chi connectivity index (χ0) is 23.6. The Labute approximate surface area is 192 Å². The molecule has 2 atom stereocenters. The summed E-state index contributed by atoms with van der Waals surface area (Å²) in [5, 5.41) is 5.95. The molecule has 0 spiro atoms. The largest absolute Gasteiger partial charge is 0.444 e. The Morgan fingerprint density at radius 1 is 1.21 bits per heavy atom. The molecule has 0 saturated heterocycles. The number of benzene rings is 1. The maximum absolute atomic E-state index is 15.3. The van der Waals surface area contributed by atoms with E-state index in [1.165, 1.54) is 12.4 Å². The minimum atomic E-state index is -0.602. The van der Waals surface area contributed by atoms with Crippen LogP contribution in [-0.2, 0) is 11.2 Å². The summed E-state index contributed by atoms with van der Waals surface area (Å²) < 4.78 is 20.7. The normalized spacial score (nSPS) is 20.0. The van der Waals surface area contributed by atoms with E-state index in [9.17, 15) is 4.79 Å². The number of aliphatic imine (C=N–C) groups is 1. The molecule has 2 unspecified atom stereocenters. The first-order chi connectivity index (χ1) is 15.7. The first kappa shape index (κ1) is 22.8. The monoisotopic (exact) mass is 452 g/mol. The highest BCUT2D eigenvalue weighted by molar-refractivity contribution is 6.04. The summed E-state index contributed by atoms with van der Waals surface area (Å²) in [5.41, 5.74) is 1.44. The average Bonchev–Trinajstić information content (AvgIpc) is 3.04. The van der Waals surface area contributed by atoms with E-state index in [0.29, 0.717) is 17.3 Å². The number of ether oxygens (including phenoxy) is 1. The van der Waals surface area contributed by atoms with Crippen molar-refractivity contribution in [3.63, 3.8) is 0 Å². The molecule has 174 valence electrons. The number of nitrogens with zero attached hydrogens (tertiary/aromatic N) is 4. The van der Waals surface area contributed by atoms with Crippen molar-refractivity contribution in [2.75, 3.05) is 5.32 Å². The number of amidine groups is 1. The van der Waals surface area contributed by atoms with Crippen molar-refractivity contribution >= 4 is 17.9 Å². The standard InChI is InChI=1S/C24H29FN6O2/c1-14-9-10-20(28-14)30-22-27-13-26-21(31-22)17-11-15-7-5-6-8-19(16(15)12-18(17)25)29-23(32)33-24(2,3)4/h9-14,19H,5-8H2,1-4H3,(H,29,32)(H,26,27,28,30,31). The quantitative estimate of drug-likeness (QED) is 0.653. The van der Waals surface area contributed by atoms with Crippen molar-refractivity contribution in [1.29, 1.82) is 0 Å². The van der Waals surface area contributed by atoms with Crippen molar-refractivity contribution < 1.29 is 13.9 Å². The molecule has 1 aromatic carbocycles. The van der Waals surface area contributed by atoms with Crippen molar-refractivity contribution in [3.8, 4) is 11.4 Å². The van der Waals surface area contributed by atoms with Crippen molar-refractivity contribution in [2.24, 2.45) is 4.99 Å². The summed E-state index contributed by atoms with van der Waals surface area (Å²) in [6.07, 6.45) is 8.03. The van der Waals surface area contributed by atoms with Gasteiger partial charge >= 0.3 is 6.09 Å². The number of aromatic nitrogens is 3. The van der Waals surface area contributed by atoms with Crippen molar-refractivity contribution in [3.05, 3.63) is 47.6 Å². The Bertz CT molecular complexity index is 1110. The molecule has 1 aliphatic carbocycles. The number of carbonyl (C=O) groups excluding carboxylic acids is 1. The summed E-state index contributed by atoms with van der Waals surface area (Å²) >= 11 is 0. The molecule has 2 aliphatic rings. The van der Waals surface area contributed by atoms with E-state index < -0.39 is 17.5 Å². The lowest BCUT2D eigenvalue weighted by molar-refractivity contribution is 0.0500. The lowest BCUT2D eigenvalue weighted by atomic mass is 9.96. The van der Waals surface area contributed by atoms with E-state index in [-0.39, 0.29) is 17.9 Å². The van der Waals surface area contributed by atoms with Gasteiger partial charge in [-0.3, -0.25) is 4.99 Å². The van der Waals surface area contributed by atoms with E-state index in [2.05, 4.69) is 30.6 Å². The summed E-state index contributed by atoms with van der Waals surface area (Å²) in [5.74, 6) is 0.745. The van der Waals surface area contributed by atoms with Gasteiger partial charge in [0, 0.05) is 0 Å². The fraction of sp³-hybridized carbons (Fsp3) is 0.458. The third-order valence-electron chi connectivity index (χ3n) is 5.41. The number of hydrogen-bond acceptors (Lipinski definition) is 7. The molecule has 0 fully saturated rings. The minimum Gasteiger partial charge on any atom is -0.444 e. The molecule has 2 heterocycles. The summed E-state index contributed by atoms with van der Waals surface area (Å²) in [7, 11) is 0. The van der Waals surface area contributed by atoms with Gasteiger partial charge in [0.2, 0.25) is 5.95 Å². The zero-order valence-electron chi connectivity index (χ0n) is 19.4. The molecule has 0 bridgehead atoms. The second-order valence-electron chi connectivity index (χ2n) is 9.35. The van der Waals surface area contributed by atoms with Crippen LogP contribution in [0.3, 0.4) is 0 Å². The molecular formula is C24H29FN6O2. The predicted molar refractivity (Wildman–Crippen MR) is 125 cm³/mol. The van der Waals surface area contributed by atoms with Crippen LogP contribution in [0.2, 0.25) is 0 Å². The van der Waals surface area contributed by atoms with Crippen molar-refractivity contribution in [1.82, 2.24) is 20.3 Å². The third kappa shape index (κ3) is 5.71. The molecule has 4 rings (SSSR count). The van der Waals surface area contributed by atoms with Gasteiger partial charge in [0.1, 0.15) is 23.6 Å². The summed E-state index contributed by atoms with van der Waals surface area (Å²) in [6.45, 7) is 7.41. The number of hydrogen-bond donors (Lipinski definition) is 2. The number of fused-ring (bicyclic) bond motifs is 1. The molecule has 2 aromatic rings. The smallest absolute Gasteiger partial charge is 0.408 e. The zero-order valence-corrected chi connectivity index (χ0v) is 19.4. The highest BCUT2D eigenvalue weighted by atomic mass is 19.1. The van der Waals surface area contributed by atoms with Gasteiger partial charge in [-0.25, -0.2) is 19.2 Å². The van der Waals surface area contributed by atoms with Crippen LogP contribution in [0.25, 0.3) is 11.4 Å². The van der Waals surface area contributed by atoms with Crippen molar-refractivity contribution in [2.45, 2.75) is 71.1 Å². The Kier molecular flexibility index (Phi) is 6.40. The molecule has 9 heteroatoms. The van der Waals surface area contributed by atoms with Crippen LogP contribution in [0.1, 0.15) is 64.1 Å². The van der Waals surface area contributed by atoms with Gasteiger partial charge in [0.05, 0.1) is 17.6 Å². The molecule has 33 heavy (non-hydrogen) atoms. The molecule has 1 aliphatic heterocycles. The Morgan fingerprint density at radius 3 is 2.76 bits per heavy atom. The SMILES string of the molecule is CC1C=CC(Nc2ncnc(-c3cc4c(cc3F)C(NC(=O)OC(C)(C)C)CCCC4)n2)=N1. The van der Waals surface area contributed by atoms with Gasteiger partial charge in [0.15, 0.2) is 5.82 Å². The fourth-order valence-electron chi connectivity index (χ4n) is 3.98. The molecule has 0 saturated carbocycles. The lowest BCUT2D eigenvalue weighted by Crippen LogP contribution is -2.35. The fourth-order valence-corrected chi connectivity index (χ4v) is 3.98. The van der Waals surface area contributed by atoms with Crippen LogP contribution in [0.5, 0.6) is 0 Å². The number of rotatable bonds is 3. The molecule has 8 nitrogen and oxygen atoms in total. The van der Waals surface area contributed by atoms with Gasteiger partial charge in [-0.15, -0.1) is 0 Å². The number of amides is 1. The molecular weight excluding hydrogens is 423 g/mol. The van der Waals surface area contributed by atoms with Gasteiger partial charge in [-0.05, 0) is 76.3 Å². The van der Waals surface area contributed by atoms with E-state index in [4.69, 9.17) is 4.74 Å². The van der Waals surface area contributed by atoms with Gasteiger partial charge in [0.25, 0.3) is 0 Å². The number of carbonyl (C=O) groups is 1. The first-order valence-corrected chi connectivity index (χ1v) is 11.2. The average molecular weight is 453 g/mol. The molecule has 1 amide bonds. The van der Waals surface area contributed by atoms with Crippen LogP contribution >= 0.6 is 0 Å². The highest BCUT2D eigenvalue weighted by Crippen LogP contribution is 2.33. The highest BCUT2D eigenvalue weighted by Gasteiger charge is 2.26. The van der Waals surface area contributed by atoms with E-state index in [0.717, 1.165) is 36.8 Å². The van der Waals surface area contributed by atoms with Crippen LogP contribution in [-0.4, -0.2) is 38.5 Å². The minimum absolute atomic E-state index is 0.0954. The van der Waals surface area contributed by atoms with E-state index >= 15 is 4.39 Å². The van der Waals surface area contributed by atoms with Crippen LogP contribution in [0.4, 0.5) is 15.1 Å². The number of alkyl carbamates (subject to hydrolysis) is 1. The predicted octanol–water partition coefficient (Wildman–Crippen LogP) is 4.74. The van der Waals surface area contributed by atoms with E-state index in [1.807, 2.05) is 39.8 Å². The van der Waals surface area contributed by atoms with Crippen LogP contribution in [0.15, 0.2) is 35.6 Å². The van der Waals surface area contributed by atoms with Crippen LogP contribution in [0, 0.1) is 5.82 Å². The number of aryl methyl sites for hydroxylation is 1. The van der Waals surface area contributed by atoms with Gasteiger partial charge in [-0.2, -0.15) is 4.98 Å². The first-order valence-electron chi connectivity index (χ1n) is 11.2. The summed E-state index contributed by atoms with van der Waals surface area (Å²) in [6, 6.07) is 3.05.